The third-order valence-corrected chi connectivity index (χ3v) is 12.2. The van der Waals surface area contributed by atoms with E-state index in [-0.39, 0.29) is 0 Å². The summed E-state index contributed by atoms with van der Waals surface area (Å²) < 4.78 is 2.38. The van der Waals surface area contributed by atoms with Crippen LogP contribution in [0.25, 0.3) is 69.4 Å². The van der Waals surface area contributed by atoms with Crippen molar-refractivity contribution in [1.82, 2.24) is 4.57 Å². The molecule has 0 aliphatic heterocycles. The van der Waals surface area contributed by atoms with E-state index in [4.69, 9.17) is 0 Å². The summed E-state index contributed by atoms with van der Waals surface area (Å²) in [4.78, 5) is 0. The van der Waals surface area contributed by atoms with E-state index in [0.29, 0.717) is 0 Å². The van der Waals surface area contributed by atoms with Crippen LogP contribution in [0.1, 0.15) is 84.8 Å². The van der Waals surface area contributed by atoms with Crippen LogP contribution in [0.5, 0.6) is 0 Å². The number of fused-ring (bicyclic) bond motifs is 7. The second-order valence-corrected chi connectivity index (χ2v) is 16.1. The summed E-state index contributed by atoms with van der Waals surface area (Å²) in [5, 5.41) is 2.38. The molecular formula is C62H41N. The van der Waals surface area contributed by atoms with Crippen molar-refractivity contribution in [3.63, 3.8) is 0 Å². The highest BCUT2D eigenvalue weighted by Crippen LogP contribution is 2.37. The molecule has 8 aromatic carbocycles. The normalized spacial score (nSPS) is 12.1. The van der Waals surface area contributed by atoms with E-state index in [1.807, 2.05) is 0 Å². The smallest absolute Gasteiger partial charge is 0.0492 e. The molecule has 294 valence electrons. The zero-order valence-corrected chi connectivity index (χ0v) is 34.9. The number of rotatable bonds is 3. The molecule has 0 spiro atoms. The highest BCUT2D eigenvalue weighted by atomic mass is 15.0. The van der Waals surface area contributed by atoms with Gasteiger partial charge in [0.1, 0.15) is 0 Å². The van der Waals surface area contributed by atoms with E-state index < -0.39 is 0 Å². The number of hydrogen-bond acceptors (Lipinski definition) is 0. The quantitative estimate of drug-likeness (QED) is 0.157. The van der Waals surface area contributed by atoms with Crippen LogP contribution in [0.2, 0.25) is 0 Å². The molecule has 11 rings (SSSR count). The lowest BCUT2D eigenvalue weighted by Crippen LogP contribution is -1.92. The molecule has 0 saturated carbocycles. The zero-order valence-electron chi connectivity index (χ0n) is 34.9. The third kappa shape index (κ3) is 7.34. The number of aromatic nitrogens is 1. The lowest BCUT2D eigenvalue weighted by atomic mass is 9.92. The fourth-order valence-electron chi connectivity index (χ4n) is 9.06. The summed E-state index contributed by atoms with van der Waals surface area (Å²) in [5.41, 5.74) is 20.9. The zero-order chi connectivity index (χ0) is 42.1. The highest BCUT2D eigenvalue weighted by molar-refractivity contribution is 6.09. The molecule has 1 heterocycles. The summed E-state index contributed by atoms with van der Waals surface area (Å²) in [6.07, 6.45) is 13.4. The Balaban J connectivity index is 0.860. The topological polar surface area (TPSA) is 4.93 Å². The lowest BCUT2D eigenvalue weighted by molar-refractivity contribution is 0.827. The predicted molar refractivity (Wildman–Crippen MR) is 268 cm³/mol. The largest absolute Gasteiger partial charge is 0.341 e. The van der Waals surface area contributed by atoms with E-state index >= 15 is 0 Å². The van der Waals surface area contributed by atoms with E-state index in [1.165, 1.54) is 77.5 Å². The SMILES string of the molecule is CCn1c2ccc(C#Cc3ccc(C=C4c5ccccc5C=Cc5ccccc54)cc3)cc2c2cc(C#Cc3ccc(C=C4c5ccccc5C=Cc5ccccc54)cc3)ccc21. The predicted octanol–water partition coefficient (Wildman–Crippen LogP) is 14.8. The molecule has 0 amide bonds. The molecule has 1 nitrogen and oxygen atoms in total. The van der Waals surface area contributed by atoms with Gasteiger partial charge in [0.15, 0.2) is 0 Å². The standard InChI is InChI=1S/C62H41N/c1-2-63-61-37-31-47(29-23-43-19-25-45(26-20-43)39-57-53-15-7-3-11-49(53)33-34-50-12-4-8-16-54(50)57)41-59(61)60-42-48(32-38-62(60)63)30-24-44-21-27-46(28-22-44)40-58-55-17-9-5-13-51(55)35-36-52-14-6-10-18-56(52)58/h3-22,25-28,31-42H,2H2,1H3. The second kappa shape index (κ2) is 16.2. The van der Waals surface area contributed by atoms with Gasteiger partial charge in [0, 0.05) is 50.6 Å². The van der Waals surface area contributed by atoms with E-state index in [1.54, 1.807) is 0 Å². The lowest BCUT2D eigenvalue weighted by Gasteiger charge is -2.12. The molecule has 2 aliphatic rings. The van der Waals surface area contributed by atoms with E-state index in [2.05, 4.69) is 254 Å². The van der Waals surface area contributed by atoms with Crippen LogP contribution in [-0.4, -0.2) is 4.57 Å². The fraction of sp³-hybridized carbons (Fsp3) is 0.0323. The fourth-order valence-corrected chi connectivity index (χ4v) is 9.06. The van der Waals surface area contributed by atoms with Gasteiger partial charge in [0.2, 0.25) is 0 Å². The van der Waals surface area contributed by atoms with Gasteiger partial charge in [-0.15, -0.1) is 0 Å². The maximum absolute atomic E-state index is 3.47. The van der Waals surface area contributed by atoms with E-state index in [0.717, 1.165) is 39.9 Å². The van der Waals surface area contributed by atoms with Crippen LogP contribution in [0, 0.1) is 23.7 Å². The first-order chi connectivity index (χ1) is 31.1. The first-order valence-corrected chi connectivity index (χ1v) is 21.6. The van der Waals surface area contributed by atoms with Gasteiger partial charge in [0.05, 0.1) is 0 Å². The van der Waals surface area contributed by atoms with Gasteiger partial charge in [-0.25, -0.2) is 0 Å². The Labute approximate surface area is 369 Å². The molecule has 0 atom stereocenters. The maximum atomic E-state index is 3.47. The molecule has 2 aliphatic carbocycles. The summed E-state index contributed by atoms with van der Waals surface area (Å²) in [6, 6.07) is 64.8. The van der Waals surface area contributed by atoms with E-state index in [9.17, 15) is 0 Å². The van der Waals surface area contributed by atoms with Crippen molar-refractivity contribution < 1.29 is 0 Å². The molecule has 1 heteroatoms. The molecule has 0 fully saturated rings. The maximum Gasteiger partial charge on any atom is 0.0492 e. The Hall–Kier alpha value is -8.36. The van der Waals surface area contributed by atoms with Crippen molar-refractivity contribution in [3.05, 3.63) is 260 Å². The number of hydrogen-bond donors (Lipinski definition) is 0. The Bertz CT molecular complexity index is 3180. The molecule has 0 saturated heterocycles. The molecule has 0 N–H and O–H groups in total. The number of nitrogens with zero attached hydrogens (tertiary/aromatic N) is 1. The van der Waals surface area contributed by atoms with Gasteiger partial charge in [-0.3, -0.25) is 0 Å². The van der Waals surface area contributed by atoms with Crippen LogP contribution >= 0.6 is 0 Å². The van der Waals surface area contributed by atoms with Crippen LogP contribution < -0.4 is 0 Å². The van der Waals surface area contributed by atoms with Gasteiger partial charge in [-0.2, -0.15) is 0 Å². The highest BCUT2D eigenvalue weighted by Gasteiger charge is 2.16. The summed E-state index contributed by atoms with van der Waals surface area (Å²) in [5.74, 6) is 13.8. The minimum Gasteiger partial charge on any atom is -0.341 e. The molecule has 63 heavy (non-hydrogen) atoms. The van der Waals surface area contributed by atoms with Crippen LogP contribution in [0.15, 0.2) is 182 Å². The molecule has 0 radical (unpaired) electrons. The van der Waals surface area contributed by atoms with Crippen LogP contribution in [0.4, 0.5) is 0 Å². The van der Waals surface area contributed by atoms with Crippen molar-refractivity contribution in [2.24, 2.45) is 0 Å². The average molecular weight is 800 g/mol. The monoisotopic (exact) mass is 799 g/mol. The Kier molecular flexibility index (Phi) is 9.70. The van der Waals surface area contributed by atoms with Gasteiger partial charge in [-0.05, 0) is 147 Å². The Morgan fingerprint density at radius 2 is 0.683 bits per heavy atom. The summed E-state index contributed by atoms with van der Waals surface area (Å²) >= 11 is 0. The van der Waals surface area contributed by atoms with Crippen molar-refractivity contribution in [2.75, 3.05) is 0 Å². The van der Waals surface area contributed by atoms with Crippen molar-refractivity contribution in [1.29, 1.82) is 0 Å². The first-order valence-electron chi connectivity index (χ1n) is 21.6. The van der Waals surface area contributed by atoms with Crippen molar-refractivity contribution in [2.45, 2.75) is 13.5 Å². The van der Waals surface area contributed by atoms with Gasteiger partial charge in [0.25, 0.3) is 0 Å². The van der Waals surface area contributed by atoms with Crippen LogP contribution in [0.3, 0.4) is 0 Å². The minimum atomic E-state index is 0.877. The van der Waals surface area contributed by atoms with Crippen molar-refractivity contribution in [3.8, 4) is 23.7 Å². The molecule has 0 unspecified atom stereocenters. The second-order valence-electron chi connectivity index (χ2n) is 16.1. The summed E-state index contributed by atoms with van der Waals surface area (Å²) in [7, 11) is 0. The average Bonchev–Trinajstić information content (AvgIpc) is 3.44. The molecule has 1 aromatic heterocycles. The minimum absolute atomic E-state index is 0.877. The van der Waals surface area contributed by atoms with Crippen LogP contribution in [-0.2, 0) is 6.54 Å². The number of aryl methyl sites for hydroxylation is 1. The third-order valence-electron chi connectivity index (χ3n) is 12.2. The number of benzene rings is 8. The van der Waals surface area contributed by atoms with Crippen molar-refractivity contribution >= 4 is 69.4 Å². The van der Waals surface area contributed by atoms with Gasteiger partial charge < -0.3 is 4.57 Å². The summed E-state index contributed by atoms with van der Waals surface area (Å²) in [6.45, 7) is 3.08. The Morgan fingerprint density at radius 3 is 1.03 bits per heavy atom. The molecule has 0 bridgehead atoms. The van der Waals surface area contributed by atoms with Gasteiger partial charge in [-0.1, -0.05) is 169 Å². The molecular weight excluding hydrogens is 759 g/mol. The first kappa shape index (κ1) is 37.6. The Morgan fingerprint density at radius 1 is 0.365 bits per heavy atom. The molecule has 9 aromatic rings. The van der Waals surface area contributed by atoms with Gasteiger partial charge >= 0.3 is 0 Å².